The highest BCUT2D eigenvalue weighted by molar-refractivity contribution is 5.85. The fourth-order valence-electron chi connectivity index (χ4n) is 2.20. The van der Waals surface area contributed by atoms with Crippen LogP contribution in [-0.2, 0) is 4.79 Å². The van der Waals surface area contributed by atoms with Crippen molar-refractivity contribution in [1.29, 1.82) is 0 Å². The average molecular weight is 338 g/mol. The van der Waals surface area contributed by atoms with Gasteiger partial charge >= 0.3 is 0 Å². The quantitative estimate of drug-likeness (QED) is 0.499. The van der Waals surface area contributed by atoms with Gasteiger partial charge in [-0.3, -0.25) is 4.79 Å². The first kappa shape index (κ1) is 16.6. The van der Waals surface area contributed by atoms with E-state index in [0.29, 0.717) is 18.1 Å². The standard InChI is InChI=1S/C19H18N2O4/c1-2-11-23-15-9-7-14(8-10-15)12-20-21-19(22)18-13-24-16-5-3-4-6-17(16)25-18/h2-10,12,18H,1,11,13H2,(H,21,22)/b20-12+. The molecule has 1 unspecified atom stereocenters. The van der Waals surface area contributed by atoms with Crippen molar-refractivity contribution >= 4 is 12.1 Å². The fourth-order valence-corrected chi connectivity index (χ4v) is 2.20. The van der Waals surface area contributed by atoms with Crippen LogP contribution in [-0.4, -0.2) is 31.4 Å². The van der Waals surface area contributed by atoms with Gasteiger partial charge in [-0.15, -0.1) is 0 Å². The molecule has 2 aromatic carbocycles. The number of rotatable bonds is 6. The maximum absolute atomic E-state index is 12.1. The number of ether oxygens (including phenoxy) is 3. The van der Waals surface area contributed by atoms with Crippen LogP contribution in [0.4, 0.5) is 0 Å². The molecule has 1 heterocycles. The van der Waals surface area contributed by atoms with Crippen molar-refractivity contribution in [3.63, 3.8) is 0 Å². The van der Waals surface area contributed by atoms with Gasteiger partial charge in [0.05, 0.1) is 6.21 Å². The lowest BCUT2D eigenvalue weighted by Crippen LogP contribution is -2.42. The van der Waals surface area contributed by atoms with Gasteiger partial charge in [-0.1, -0.05) is 24.8 Å². The third-order valence-electron chi connectivity index (χ3n) is 3.44. The molecule has 0 spiro atoms. The van der Waals surface area contributed by atoms with Gasteiger partial charge < -0.3 is 14.2 Å². The molecule has 0 bridgehead atoms. The molecule has 0 aliphatic carbocycles. The summed E-state index contributed by atoms with van der Waals surface area (Å²) in [5.74, 6) is 1.56. The van der Waals surface area contributed by atoms with E-state index in [1.165, 1.54) is 0 Å². The lowest BCUT2D eigenvalue weighted by atomic mass is 10.2. The van der Waals surface area contributed by atoms with Crippen LogP contribution in [0.25, 0.3) is 0 Å². The Bertz CT molecular complexity index is 771. The first-order valence-electron chi connectivity index (χ1n) is 7.81. The zero-order chi connectivity index (χ0) is 17.5. The molecular weight excluding hydrogens is 320 g/mol. The molecule has 1 atom stereocenters. The van der Waals surface area contributed by atoms with Gasteiger partial charge in [0.25, 0.3) is 5.91 Å². The van der Waals surface area contributed by atoms with Crippen molar-refractivity contribution in [2.75, 3.05) is 13.2 Å². The van der Waals surface area contributed by atoms with Crippen LogP contribution in [0, 0.1) is 0 Å². The molecule has 25 heavy (non-hydrogen) atoms. The van der Waals surface area contributed by atoms with E-state index in [9.17, 15) is 4.79 Å². The predicted octanol–water partition coefficient (Wildman–Crippen LogP) is 2.54. The molecule has 2 aromatic rings. The number of carbonyl (C=O) groups is 1. The predicted molar refractivity (Wildman–Crippen MR) is 94.2 cm³/mol. The number of fused-ring (bicyclic) bond motifs is 1. The van der Waals surface area contributed by atoms with Crippen LogP contribution in [0.2, 0.25) is 0 Å². The van der Waals surface area contributed by atoms with Gasteiger partial charge in [0.2, 0.25) is 6.10 Å². The zero-order valence-electron chi connectivity index (χ0n) is 13.6. The summed E-state index contributed by atoms with van der Waals surface area (Å²) in [6.07, 6.45) is 2.49. The maximum Gasteiger partial charge on any atom is 0.284 e. The molecular formula is C19H18N2O4. The summed E-state index contributed by atoms with van der Waals surface area (Å²) in [7, 11) is 0. The second kappa shape index (κ2) is 8.01. The Balaban J connectivity index is 1.52. The minimum absolute atomic E-state index is 0.147. The molecule has 0 saturated heterocycles. The number of amides is 1. The molecule has 1 aliphatic heterocycles. The summed E-state index contributed by atoms with van der Waals surface area (Å²) in [5, 5.41) is 3.95. The van der Waals surface area contributed by atoms with E-state index in [0.717, 1.165) is 11.3 Å². The van der Waals surface area contributed by atoms with Crippen molar-refractivity contribution in [2.24, 2.45) is 5.10 Å². The summed E-state index contributed by atoms with van der Waals surface area (Å²) in [6.45, 7) is 4.20. The van der Waals surface area contributed by atoms with E-state index >= 15 is 0 Å². The third-order valence-corrected chi connectivity index (χ3v) is 3.44. The van der Waals surface area contributed by atoms with Gasteiger partial charge in [0, 0.05) is 0 Å². The Kier molecular flexibility index (Phi) is 5.31. The van der Waals surface area contributed by atoms with Gasteiger partial charge in [-0.05, 0) is 42.0 Å². The van der Waals surface area contributed by atoms with E-state index in [1.807, 2.05) is 36.4 Å². The van der Waals surface area contributed by atoms with Crippen molar-refractivity contribution in [1.82, 2.24) is 5.43 Å². The van der Waals surface area contributed by atoms with Crippen LogP contribution in [0.5, 0.6) is 17.2 Å². The first-order valence-corrected chi connectivity index (χ1v) is 7.81. The van der Waals surface area contributed by atoms with E-state index < -0.39 is 6.10 Å². The molecule has 6 nitrogen and oxygen atoms in total. The highest BCUT2D eigenvalue weighted by Gasteiger charge is 2.26. The smallest absolute Gasteiger partial charge is 0.284 e. The van der Waals surface area contributed by atoms with Crippen LogP contribution in [0.3, 0.4) is 0 Å². The molecule has 0 radical (unpaired) electrons. The zero-order valence-corrected chi connectivity index (χ0v) is 13.6. The number of para-hydroxylation sites is 2. The Labute approximate surface area is 145 Å². The topological polar surface area (TPSA) is 69.2 Å². The van der Waals surface area contributed by atoms with Gasteiger partial charge in [0.15, 0.2) is 11.5 Å². The molecule has 3 rings (SSSR count). The molecule has 128 valence electrons. The minimum atomic E-state index is -0.735. The lowest BCUT2D eigenvalue weighted by Gasteiger charge is -2.24. The number of nitrogens with one attached hydrogen (secondary N) is 1. The summed E-state index contributed by atoms with van der Waals surface area (Å²) >= 11 is 0. The highest BCUT2D eigenvalue weighted by atomic mass is 16.6. The van der Waals surface area contributed by atoms with Crippen molar-refractivity contribution in [3.05, 3.63) is 66.7 Å². The lowest BCUT2D eigenvalue weighted by molar-refractivity contribution is -0.130. The molecule has 0 saturated carbocycles. The molecule has 6 heteroatoms. The fraction of sp³-hybridized carbons (Fsp3) is 0.158. The third kappa shape index (κ3) is 4.38. The van der Waals surface area contributed by atoms with Gasteiger partial charge in [-0.25, -0.2) is 5.43 Å². The van der Waals surface area contributed by atoms with E-state index in [4.69, 9.17) is 14.2 Å². The van der Waals surface area contributed by atoms with Gasteiger partial charge in [0.1, 0.15) is 19.0 Å². The maximum atomic E-state index is 12.1. The average Bonchev–Trinajstić information content (AvgIpc) is 2.67. The normalized spacial score (nSPS) is 15.6. The van der Waals surface area contributed by atoms with Crippen LogP contribution in [0.15, 0.2) is 66.3 Å². The Morgan fingerprint density at radius 2 is 2.00 bits per heavy atom. The highest BCUT2D eigenvalue weighted by Crippen LogP contribution is 2.30. The largest absolute Gasteiger partial charge is 0.490 e. The summed E-state index contributed by atoms with van der Waals surface area (Å²) in [5.41, 5.74) is 3.29. The molecule has 0 fully saturated rings. The Morgan fingerprint density at radius 3 is 2.76 bits per heavy atom. The van der Waals surface area contributed by atoms with E-state index in [-0.39, 0.29) is 12.5 Å². The Morgan fingerprint density at radius 1 is 1.24 bits per heavy atom. The van der Waals surface area contributed by atoms with Crippen LogP contribution >= 0.6 is 0 Å². The van der Waals surface area contributed by atoms with Gasteiger partial charge in [-0.2, -0.15) is 5.10 Å². The number of benzene rings is 2. The number of nitrogens with zero attached hydrogens (tertiary/aromatic N) is 1. The SMILES string of the molecule is C=CCOc1ccc(/C=N/NC(=O)C2COc3ccccc3O2)cc1. The first-order chi connectivity index (χ1) is 12.3. The minimum Gasteiger partial charge on any atom is -0.490 e. The monoisotopic (exact) mass is 338 g/mol. The second-order valence-corrected chi connectivity index (χ2v) is 5.27. The second-order valence-electron chi connectivity index (χ2n) is 5.27. The summed E-state index contributed by atoms with van der Waals surface area (Å²) < 4.78 is 16.5. The number of hydrogen-bond acceptors (Lipinski definition) is 5. The Hall–Kier alpha value is -3.28. The van der Waals surface area contributed by atoms with Crippen molar-refractivity contribution < 1.29 is 19.0 Å². The number of carbonyl (C=O) groups excluding carboxylic acids is 1. The van der Waals surface area contributed by atoms with Crippen molar-refractivity contribution in [2.45, 2.75) is 6.10 Å². The number of hydrazone groups is 1. The van der Waals surface area contributed by atoms with E-state index in [1.54, 1.807) is 24.4 Å². The summed E-state index contributed by atoms with van der Waals surface area (Å²) in [6, 6.07) is 14.5. The van der Waals surface area contributed by atoms with Crippen molar-refractivity contribution in [3.8, 4) is 17.2 Å². The number of hydrogen-bond donors (Lipinski definition) is 1. The van der Waals surface area contributed by atoms with E-state index in [2.05, 4.69) is 17.1 Å². The molecule has 1 aliphatic rings. The van der Waals surface area contributed by atoms with Crippen LogP contribution in [0.1, 0.15) is 5.56 Å². The van der Waals surface area contributed by atoms with Crippen LogP contribution < -0.4 is 19.6 Å². The molecule has 1 amide bonds. The molecule has 1 N–H and O–H groups in total. The molecule has 0 aromatic heterocycles. The summed E-state index contributed by atoms with van der Waals surface area (Å²) in [4.78, 5) is 12.1.